The Labute approximate surface area is 148 Å². The summed E-state index contributed by atoms with van der Waals surface area (Å²) in [6.07, 6.45) is 3.12. The number of likely N-dealkylation sites (tertiary alicyclic amines) is 1. The molecule has 2 aliphatic rings. The Morgan fingerprint density at radius 1 is 1.25 bits per heavy atom. The molecule has 2 fully saturated rings. The molecule has 0 radical (unpaired) electrons. The van der Waals surface area contributed by atoms with Crippen molar-refractivity contribution in [1.29, 1.82) is 0 Å². The molecule has 1 spiro atoms. The molecule has 0 atom stereocenters. The largest absolute Gasteiger partial charge is 0.356 e. The molecule has 1 amide bonds. The third kappa shape index (κ3) is 4.93. The van der Waals surface area contributed by atoms with Gasteiger partial charge in [-0.15, -0.1) is 0 Å². The van der Waals surface area contributed by atoms with Crippen LogP contribution in [0.1, 0.15) is 24.8 Å². The number of nitrogens with one attached hydrogen (secondary N) is 1. The number of benzene rings is 1. The molecular formula is C18H25ClN2O3. The maximum Gasteiger partial charge on any atom is 0.221 e. The van der Waals surface area contributed by atoms with Crippen LogP contribution >= 0.6 is 11.6 Å². The van der Waals surface area contributed by atoms with Crippen molar-refractivity contribution in [2.45, 2.75) is 31.5 Å². The van der Waals surface area contributed by atoms with E-state index in [-0.39, 0.29) is 11.7 Å². The first-order valence-corrected chi connectivity index (χ1v) is 9.04. The van der Waals surface area contributed by atoms with Crippen LogP contribution in [0.25, 0.3) is 0 Å². The second-order valence-electron chi connectivity index (χ2n) is 6.43. The van der Waals surface area contributed by atoms with Gasteiger partial charge in [0.25, 0.3) is 0 Å². The van der Waals surface area contributed by atoms with E-state index in [0.29, 0.717) is 26.2 Å². The Bertz CT molecular complexity index is 551. The van der Waals surface area contributed by atoms with E-state index in [4.69, 9.17) is 21.1 Å². The molecule has 6 heteroatoms. The average Bonchev–Trinajstić information content (AvgIpc) is 3.03. The Hall–Kier alpha value is -1.14. The Morgan fingerprint density at radius 2 is 2.00 bits per heavy atom. The summed E-state index contributed by atoms with van der Waals surface area (Å²) < 4.78 is 11.4. The number of halogens is 1. The van der Waals surface area contributed by atoms with Gasteiger partial charge in [-0.3, -0.25) is 4.79 Å². The second kappa shape index (κ2) is 8.30. The highest BCUT2D eigenvalue weighted by Crippen LogP contribution is 2.31. The fraction of sp³-hybridized carbons (Fsp3) is 0.611. The van der Waals surface area contributed by atoms with E-state index in [1.807, 2.05) is 24.3 Å². The first-order valence-electron chi connectivity index (χ1n) is 8.67. The van der Waals surface area contributed by atoms with Crippen molar-refractivity contribution in [3.8, 4) is 0 Å². The third-order valence-electron chi connectivity index (χ3n) is 4.71. The van der Waals surface area contributed by atoms with Crippen molar-refractivity contribution in [1.82, 2.24) is 10.2 Å². The van der Waals surface area contributed by atoms with Crippen LogP contribution in [0.3, 0.4) is 0 Å². The first kappa shape index (κ1) is 17.7. The summed E-state index contributed by atoms with van der Waals surface area (Å²) in [5, 5.41) is 3.71. The topological polar surface area (TPSA) is 50.8 Å². The van der Waals surface area contributed by atoms with E-state index in [1.165, 1.54) is 0 Å². The maximum atomic E-state index is 12.0. The summed E-state index contributed by atoms with van der Waals surface area (Å²) in [6, 6.07) is 7.74. The molecule has 1 aromatic rings. The lowest BCUT2D eigenvalue weighted by atomic mass is 10.0. The highest BCUT2D eigenvalue weighted by Gasteiger charge is 2.39. The van der Waals surface area contributed by atoms with Gasteiger partial charge in [-0.25, -0.2) is 0 Å². The summed E-state index contributed by atoms with van der Waals surface area (Å²) in [7, 11) is 0. The van der Waals surface area contributed by atoms with Crippen LogP contribution in [0.5, 0.6) is 0 Å². The van der Waals surface area contributed by atoms with Crippen LogP contribution in [-0.4, -0.2) is 56.0 Å². The number of carbonyl (C=O) groups is 1. The van der Waals surface area contributed by atoms with E-state index >= 15 is 0 Å². The predicted molar refractivity (Wildman–Crippen MR) is 93.1 cm³/mol. The normalized spacial score (nSPS) is 20.4. The molecule has 0 aromatic heterocycles. The van der Waals surface area contributed by atoms with E-state index in [1.54, 1.807) is 0 Å². The molecule has 0 saturated carbocycles. The third-order valence-corrected chi connectivity index (χ3v) is 4.95. The number of amides is 1. The summed E-state index contributed by atoms with van der Waals surface area (Å²) >= 11 is 5.96. The quantitative estimate of drug-likeness (QED) is 0.853. The van der Waals surface area contributed by atoms with Crippen molar-refractivity contribution in [3.63, 3.8) is 0 Å². The van der Waals surface area contributed by atoms with Gasteiger partial charge in [0, 0.05) is 50.5 Å². The molecule has 2 heterocycles. The molecule has 0 aliphatic carbocycles. The number of hydrogen-bond acceptors (Lipinski definition) is 4. The summed E-state index contributed by atoms with van der Waals surface area (Å²) in [5.74, 6) is -0.235. The Balaban J connectivity index is 1.30. The fourth-order valence-corrected chi connectivity index (χ4v) is 3.50. The number of carbonyl (C=O) groups excluding carboxylic acids is 1. The zero-order valence-corrected chi connectivity index (χ0v) is 14.7. The lowest BCUT2D eigenvalue weighted by molar-refractivity contribution is -0.185. The van der Waals surface area contributed by atoms with Crippen molar-refractivity contribution < 1.29 is 14.3 Å². The van der Waals surface area contributed by atoms with Gasteiger partial charge in [0.05, 0.1) is 13.2 Å². The molecule has 24 heavy (non-hydrogen) atoms. The number of piperidine rings is 1. The van der Waals surface area contributed by atoms with Gasteiger partial charge in [-0.1, -0.05) is 23.7 Å². The van der Waals surface area contributed by atoms with Gasteiger partial charge in [0.15, 0.2) is 5.79 Å². The lowest BCUT2D eigenvalue weighted by Gasteiger charge is -2.37. The predicted octanol–water partition coefficient (Wildman–Crippen LogP) is 2.23. The minimum absolute atomic E-state index is 0.102. The standard InChI is InChI=1S/C18H25ClN2O3/c19-16-3-1-2-15(14-16)4-8-20-17(22)5-9-21-10-6-18(7-11-21)23-12-13-24-18/h1-3,14H,4-13H2,(H,20,22). The van der Waals surface area contributed by atoms with Crippen molar-refractivity contribution >= 4 is 17.5 Å². The lowest BCUT2D eigenvalue weighted by Crippen LogP contribution is -2.46. The zero-order valence-electron chi connectivity index (χ0n) is 13.9. The van der Waals surface area contributed by atoms with Crippen LogP contribution in [0.15, 0.2) is 24.3 Å². The molecule has 132 valence electrons. The minimum atomic E-state index is -0.338. The summed E-state index contributed by atoms with van der Waals surface area (Å²) in [4.78, 5) is 14.3. The zero-order chi connectivity index (χ0) is 16.8. The highest BCUT2D eigenvalue weighted by molar-refractivity contribution is 6.30. The molecule has 2 aliphatic heterocycles. The average molecular weight is 353 g/mol. The highest BCUT2D eigenvalue weighted by atomic mass is 35.5. The molecule has 2 saturated heterocycles. The van der Waals surface area contributed by atoms with Gasteiger partial charge in [-0.2, -0.15) is 0 Å². The minimum Gasteiger partial charge on any atom is -0.356 e. The molecule has 0 unspecified atom stereocenters. The molecular weight excluding hydrogens is 328 g/mol. The van der Waals surface area contributed by atoms with Crippen molar-refractivity contribution in [2.24, 2.45) is 0 Å². The second-order valence-corrected chi connectivity index (χ2v) is 6.87. The van der Waals surface area contributed by atoms with E-state index in [2.05, 4.69) is 10.2 Å². The maximum absolute atomic E-state index is 12.0. The first-order chi connectivity index (χ1) is 11.7. The molecule has 3 rings (SSSR count). The number of rotatable bonds is 6. The van der Waals surface area contributed by atoms with Gasteiger partial charge < -0.3 is 19.7 Å². The summed E-state index contributed by atoms with van der Waals surface area (Å²) in [5.41, 5.74) is 1.14. The SMILES string of the molecule is O=C(CCN1CCC2(CC1)OCCO2)NCCc1cccc(Cl)c1. The molecule has 1 N–H and O–H groups in total. The van der Waals surface area contributed by atoms with Crippen LogP contribution in [0.2, 0.25) is 5.02 Å². The van der Waals surface area contributed by atoms with Crippen LogP contribution in [0, 0.1) is 0 Å². The Morgan fingerprint density at radius 3 is 2.71 bits per heavy atom. The smallest absolute Gasteiger partial charge is 0.221 e. The van der Waals surface area contributed by atoms with Crippen LogP contribution in [-0.2, 0) is 20.7 Å². The van der Waals surface area contributed by atoms with E-state index in [9.17, 15) is 4.79 Å². The van der Waals surface area contributed by atoms with E-state index < -0.39 is 0 Å². The van der Waals surface area contributed by atoms with Crippen molar-refractivity contribution in [2.75, 3.05) is 39.4 Å². The van der Waals surface area contributed by atoms with E-state index in [0.717, 1.165) is 49.5 Å². The Kier molecular flexibility index (Phi) is 6.11. The monoisotopic (exact) mass is 352 g/mol. The van der Waals surface area contributed by atoms with Gasteiger partial charge >= 0.3 is 0 Å². The molecule has 5 nitrogen and oxygen atoms in total. The fourth-order valence-electron chi connectivity index (χ4n) is 3.29. The van der Waals surface area contributed by atoms with Gasteiger partial charge in [0.2, 0.25) is 5.91 Å². The van der Waals surface area contributed by atoms with Crippen LogP contribution in [0.4, 0.5) is 0 Å². The number of nitrogens with zero attached hydrogens (tertiary/aromatic N) is 1. The van der Waals surface area contributed by atoms with Gasteiger partial charge in [-0.05, 0) is 24.1 Å². The van der Waals surface area contributed by atoms with Crippen LogP contribution < -0.4 is 5.32 Å². The number of hydrogen-bond donors (Lipinski definition) is 1. The molecule has 1 aromatic carbocycles. The van der Waals surface area contributed by atoms with Crippen molar-refractivity contribution in [3.05, 3.63) is 34.9 Å². The number of ether oxygens (including phenoxy) is 2. The van der Waals surface area contributed by atoms with Gasteiger partial charge in [0.1, 0.15) is 0 Å². The molecule has 0 bridgehead atoms. The summed E-state index contributed by atoms with van der Waals surface area (Å²) in [6.45, 7) is 4.69.